The second-order valence-corrected chi connectivity index (χ2v) is 7.80. The Morgan fingerprint density at radius 2 is 1.71 bits per heavy atom. The van der Waals surface area contributed by atoms with Gasteiger partial charge in [-0.05, 0) is 49.2 Å². The SMILES string of the molecule is COc1ccc(NC(=O)c2nc(N[C@H]3CCCC[C@H]3NC(=N)N)c3ccccc3n2)cc1.Cl.Cl. The largest absolute Gasteiger partial charge is 0.497 e. The van der Waals surface area contributed by atoms with Crippen molar-refractivity contribution in [1.29, 1.82) is 5.41 Å². The van der Waals surface area contributed by atoms with E-state index in [9.17, 15) is 4.79 Å². The van der Waals surface area contributed by atoms with Gasteiger partial charge in [-0.2, -0.15) is 0 Å². The Bertz CT molecular complexity index is 1130. The number of fused-ring (bicyclic) bond motifs is 1. The average Bonchev–Trinajstić information content (AvgIpc) is 2.80. The van der Waals surface area contributed by atoms with Crippen LogP contribution < -0.4 is 26.4 Å². The van der Waals surface area contributed by atoms with Crippen molar-refractivity contribution in [3.63, 3.8) is 0 Å². The summed E-state index contributed by atoms with van der Waals surface area (Å²) in [6, 6.07) is 14.7. The number of nitrogens with two attached hydrogens (primary N) is 1. The molecule has 0 saturated heterocycles. The van der Waals surface area contributed by atoms with Gasteiger partial charge in [0.25, 0.3) is 5.91 Å². The van der Waals surface area contributed by atoms with E-state index in [1.807, 2.05) is 24.3 Å². The molecule has 34 heavy (non-hydrogen) atoms. The molecule has 1 fully saturated rings. The van der Waals surface area contributed by atoms with Crippen LogP contribution in [0.2, 0.25) is 0 Å². The Balaban J connectivity index is 0.00000204. The van der Waals surface area contributed by atoms with E-state index in [0.717, 1.165) is 31.1 Å². The molecule has 4 rings (SSSR count). The van der Waals surface area contributed by atoms with Gasteiger partial charge in [-0.3, -0.25) is 10.2 Å². The molecule has 0 radical (unpaired) electrons. The Kier molecular flexibility index (Phi) is 9.70. The molecule has 1 heterocycles. The van der Waals surface area contributed by atoms with Gasteiger partial charge in [0.15, 0.2) is 5.96 Å². The minimum absolute atomic E-state index is 0. The molecule has 3 aromatic rings. The predicted octanol–water partition coefficient (Wildman–Crippen LogP) is 3.94. The molecule has 1 aliphatic rings. The predicted molar refractivity (Wildman–Crippen MR) is 140 cm³/mol. The van der Waals surface area contributed by atoms with Gasteiger partial charge in [0, 0.05) is 23.2 Å². The summed E-state index contributed by atoms with van der Waals surface area (Å²) >= 11 is 0. The minimum atomic E-state index is -0.397. The Morgan fingerprint density at radius 1 is 1.03 bits per heavy atom. The number of carbonyl (C=O) groups is 1. The maximum atomic E-state index is 12.9. The molecule has 11 heteroatoms. The minimum Gasteiger partial charge on any atom is -0.497 e. The molecule has 2 atom stereocenters. The van der Waals surface area contributed by atoms with E-state index in [2.05, 4.69) is 25.9 Å². The van der Waals surface area contributed by atoms with Crippen molar-refractivity contribution in [3.8, 4) is 5.75 Å². The van der Waals surface area contributed by atoms with E-state index in [0.29, 0.717) is 22.8 Å². The number of rotatable bonds is 6. The standard InChI is InChI=1S/C23H27N7O2.2ClH/c1-32-15-12-10-14(11-13-15)26-22(31)21-27-17-7-3-2-6-16(17)20(30-21)28-18-8-4-5-9-19(18)29-23(24)25;;/h2-3,6-7,10-13,18-19H,4-5,8-9H2,1H3,(H,26,31)(H4,24,25,29)(H,27,28,30);2*1H/t18-,19+;;/m0../s1. The van der Waals surface area contributed by atoms with Crippen LogP contribution in [0, 0.1) is 5.41 Å². The summed E-state index contributed by atoms with van der Waals surface area (Å²) in [5.41, 5.74) is 6.89. The molecule has 182 valence electrons. The number of methoxy groups -OCH3 is 1. The van der Waals surface area contributed by atoms with Gasteiger partial charge in [0.1, 0.15) is 11.6 Å². The van der Waals surface area contributed by atoms with Gasteiger partial charge in [0.05, 0.1) is 12.6 Å². The molecular weight excluding hydrogens is 477 g/mol. The van der Waals surface area contributed by atoms with Gasteiger partial charge < -0.3 is 26.4 Å². The first-order chi connectivity index (χ1) is 15.5. The highest BCUT2D eigenvalue weighted by atomic mass is 35.5. The lowest BCUT2D eigenvalue weighted by molar-refractivity contribution is 0.101. The number of benzene rings is 2. The molecule has 0 unspecified atom stereocenters. The van der Waals surface area contributed by atoms with E-state index < -0.39 is 5.91 Å². The van der Waals surface area contributed by atoms with Crippen molar-refractivity contribution in [3.05, 3.63) is 54.4 Å². The zero-order valence-corrected chi connectivity index (χ0v) is 20.3. The number of amides is 1. The Labute approximate surface area is 210 Å². The van der Waals surface area contributed by atoms with Gasteiger partial charge in [-0.15, -0.1) is 24.8 Å². The lowest BCUT2D eigenvalue weighted by atomic mass is 9.90. The number of hydrogen-bond donors (Lipinski definition) is 5. The number of halogens is 2. The van der Waals surface area contributed by atoms with Gasteiger partial charge in [-0.1, -0.05) is 25.0 Å². The second-order valence-electron chi connectivity index (χ2n) is 7.80. The molecule has 1 aliphatic carbocycles. The third-order valence-electron chi connectivity index (χ3n) is 5.58. The number of carbonyl (C=O) groups excluding carboxylic acids is 1. The van der Waals surface area contributed by atoms with Gasteiger partial charge >= 0.3 is 0 Å². The number of hydrogen-bond acceptors (Lipinski definition) is 6. The van der Waals surface area contributed by atoms with Crippen LogP contribution in [-0.2, 0) is 0 Å². The smallest absolute Gasteiger partial charge is 0.293 e. The number of nitrogens with one attached hydrogen (secondary N) is 4. The second kappa shape index (κ2) is 12.2. The normalized spacial score (nSPS) is 17.0. The van der Waals surface area contributed by atoms with Crippen molar-refractivity contribution in [2.75, 3.05) is 17.7 Å². The third kappa shape index (κ3) is 6.39. The van der Waals surface area contributed by atoms with E-state index in [1.165, 1.54) is 0 Å². The number of para-hydroxylation sites is 1. The van der Waals surface area contributed by atoms with E-state index in [-0.39, 0.29) is 48.7 Å². The average molecular weight is 506 g/mol. The number of anilines is 2. The Morgan fingerprint density at radius 3 is 2.38 bits per heavy atom. The van der Waals surface area contributed by atoms with E-state index in [4.69, 9.17) is 15.9 Å². The highest BCUT2D eigenvalue weighted by molar-refractivity contribution is 6.03. The van der Waals surface area contributed by atoms with Gasteiger partial charge in [-0.25, -0.2) is 9.97 Å². The molecule has 1 amide bonds. The highest BCUT2D eigenvalue weighted by Crippen LogP contribution is 2.26. The van der Waals surface area contributed by atoms with Gasteiger partial charge in [0.2, 0.25) is 5.82 Å². The fourth-order valence-corrected chi connectivity index (χ4v) is 4.00. The third-order valence-corrected chi connectivity index (χ3v) is 5.58. The fourth-order valence-electron chi connectivity index (χ4n) is 4.00. The summed E-state index contributed by atoms with van der Waals surface area (Å²) in [5, 5.41) is 17.8. The quantitative estimate of drug-likeness (QED) is 0.252. The number of nitrogens with zero attached hydrogens (tertiary/aromatic N) is 2. The van der Waals surface area contributed by atoms with Crippen LogP contribution >= 0.6 is 24.8 Å². The topological polar surface area (TPSA) is 138 Å². The van der Waals surface area contributed by atoms with Crippen molar-refractivity contribution >= 4 is 59.1 Å². The van der Waals surface area contributed by atoms with Crippen molar-refractivity contribution in [2.24, 2.45) is 5.73 Å². The van der Waals surface area contributed by atoms with Crippen LogP contribution in [0.4, 0.5) is 11.5 Å². The maximum Gasteiger partial charge on any atom is 0.293 e. The van der Waals surface area contributed by atoms with E-state index >= 15 is 0 Å². The summed E-state index contributed by atoms with van der Waals surface area (Å²) in [4.78, 5) is 21.9. The van der Waals surface area contributed by atoms with Crippen LogP contribution in [-0.4, -0.2) is 41.0 Å². The summed E-state index contributed by atoms with van der Waals surface area (Å²) in [7, 11) is 1.59. The Hall–Kier alpha value is -3.30. The van der Waals surface area contributed by atoms with Crippen LogP contribution in [0.1, 0.15) is 36.3 Å². The van der Waals surface area contributed by atoms with Crippen LogP contribution in [0.25, 0.3) is 10.9 Å². The number of guanidine groups is 1. The van der Waals surface area contributed by atoms with Crippen molar-refractivity contribution in [1.82, 2.24) is 15.3 Å². The first-order valence-electron chi connectivity index (χ1n) is 10.6. The lowest BCUT2D eigenvalue weighted by Gasteiger charge is -2.33. The zero-order chi connectivity index (χ0) is 22.5. The number of aromatic nitrogens is 2. The maximum absolute atomic E-state index is 12.9. The monoisotopic (exact) mass is 505 g/mol. The summed E-state index contributed by atoms with van der Waals surface area (Å²) in [5.74, 6) is 0.936. The summed E-state index contributed by atoms with van der Waals surface area (Å²) in [6.45, 7) is 0. The molecule has 1 aromatic heterocycles. The van der Waals surface area contributed by atoms with Crippen molar-refractivity contribution < 1.29 is 9.53 Å². The van der Waals surface area contributed by atoms with Crippen LogP contribution in [0.3, 0.4) is 0 Å². The molecular formula is C23H29Cl2N7O2. The van der Waals surface area contributed by atoms with Crippen LogP contribution in [0.15, 0.2) is 48.5 Å². The number of ether oxygens (including phenoxy) is 1. The molecule has 6 N–H and O–H groups in total. The molecule has 2 aromatic carbocycles. The van der Waals surface area contributed by atoms with E-state index in [1.54, 1.807) is 31.4 Å². The zero-order valence-electron chi connectivity index (χ0n) is 18.7. The molecule has 9 nitrogen and oxygen atoms in total. The lowest BCUT2D eigenvalue weighted by Crippen LogP contribution is -2.50. The molecule has 0 aliphatic heterocycles. The van der Waals surface area contributed by atoms with Crippen LogP contribution in [0.5, 0.6) is 5.75 Å². The van der Waals surface area contributed by atoms with Crippen molar-refractivity contribution in [2.45, 2.75) is 37.8 Å². The molecule has 0 bridgehead atoms. The fraction of sp³-hybridized carbons (Fsp3) is 0.304. The molecule has 1 saturated carbocycles. The highest BCUT2D eigenvalue weighted by Gasteiger charge is 2.26. The first-order valence-corrected chi connectivity index (χ1v) is 10.6. The summed E-state index contributed by atoms with van der Waals surface area (Å²) in [6.07, 6.45) is 3.96. The molecule has 0 spiro atoms. The summed E-state index contributed by atoms with van der Waals surface area (Å²) < 4.78 is 5.16. The first kappa shape index (κ1) is 26.9.